The summed E-state index contributed by atoms with van der Waals surface area (Å²) in [6.45, 7) is 0. The van der Waals surface area contributed by atoms with Gasteiger partial charge in [0.25, 0.3) is 0 Å². The van der Waals surface area contributed by atoms with Gasteiger partial charge in [-0.05, 0) is 6.07 Å². The maximum absolute atomic E-state index is 6.21. The van der Waals surface area contributed by atoms with E-state index in [1.807, 2.05) is 18.2 Å². The number of ether oxygens (including phenoxy) is 1. The van der Waals surface area contributed by atoms with E-state index in [9.17, 15) is 0 Å². The molecule has 0 aliphatic carbocycles. The zero-order valence-electron chi connectivity index (χ0n) is 7.51. The van der Waals surface area contributed by atoms with Crippen molar-refractivity contribution in [3.05, 3.63) is 28.1 Å². The van der Waals surface area contributed by atoms with Crippen molar-refractivity contribution in [2.45, 2.75) is 5.33 Å². The van der Waals surface area contributed by atoms with Crippen molar-refractivity contribution in [1.82, 2.24) is 0 Å². The molecule has 0 atom stereocenters. The van der Waals surface area contributed by atoms with E-state index < -0.39 is 0 Å². The fourth-order valence-corrected chi connectivity index (χ4v) is 3.57. The third-order valence-corrected chi connectivity index (χ3v) is 4.72. The van der Waals surface area contributed by atoms with Gasteiger partial charge in [0.1, 0.15) is 5.75 Å². The molecule has 1 aromatic carbocycles. The fraction of sp³-hybridized carbons (Fsp3) is 0.200. The van der Waals surface area contributed by atoms with E-state index >= 15 is 0 Å². The van der Waals surface area contributed by atoms with Gasteiger partial charge >= 0.3 is 0 Å². The van der Waals surface area contributed by atoms with E-state index in [0.29, 0.717) is 0 Å². The van der Waals surface area contributed by atoms with Crippen molar-refractivity contribution in [1.29, 1.82) is 0 Å². The smallest absolute Gasteiger partial charge is 0.136 e. The minimum Gasteiger partial charge on any atom is -0.495 e. The molecule has 0 unspecified atom stereocenters. The van der Waals surface area contributed by atoms with Gasteiger partial charge in [-0.2, -0.15) is 0 Å². The molecule has 4 heteroatoms. The molecule has 1 nitrogen and oxygen atoms in total. The molecule has 0 bridgehead atoms. The van der Waals surface area contributed by atoms with Crippen LogP contribution in [-0.2, 0) is 5.33 Å². The Morgan fingerprint density at radius 2 is 2.29 bits per heavy atom. The number of hydrogen-bond acceptors (Lipinski definition) is 2. The zero-order chi connectivity index (χ0) is 10.1. The van der Waals surface area contributed by atoms with Crippen molar-refractivity contribution < 1.29 is 4.74 Å². The Balaban J connectivity index is 2.77. The largest absolute Gasteiger partial charge is 0.495 e. The molecule has 0 amide bonds. The highest BCUT2D eigenvalue weighted by Gasteiger charge is 2.11. The molecule has 0 fully saturated rings. The number of fused-ring (bicyclic) bond motifs is 1. The van der Waals surface area contributed by atoms with Crippen molar-refractivity contribution in [3.8, 4) is 5.75 Å². The van der Waals surface area contributed by atoms with Crippen molar-refractivity contribution >= 4 is 49.0 Å². The average molecular weight is 292 g/mol. The Labute approximate surface area is 99.8 Å². The minimum atomic E-state index is 0.786. The minimum absolute atomic E-state index is 0.786. The molecule has 74 valence electrons. The van der Waals surface area contributed by atoms with Crippen molar-refractivity contribution in [3.63, 3.8) is 0 Å². The zero-order valence-corrected chi connectivity index (χ0v) is 10.7. The predicted molar refractivity (Wildman–Crippen MR) is 66.0 cm³/mol. The Kier molecular flexibility index (Phi) is 3.00. The van der Waals surface area contributed by atoms with Crippen LogP contribution < -0.4 is 4.74 Å². The van der Waals surface area contributed by atoms with Crippen molar-refractivity contribution in [2.24, 2.45) is 0 Å². The number of halogens is 2. The summed E-state index contributed by atoms with van der Waals surface area (Å²) in [5, 5.41) is 2.69. The normalized spacial score (nSPS) is 10.8. The van der Waals surface area contributed by atoms with Gasteiger partial charge in [-0.3, -0.25) is 0 Å². The molecule has 1 heterocycles. The van der Waals surface area contributed by atoms with Gasteiger partial charge in [0.15, 0.2) is 0 Å². The third-order valence-electron chi connectivity index (χ3n) is 2.03. The number of methoxy groups -OCH3 is 1. The summed E-state index contributed by atoms with van der Waals surface area (Å²) in [6, 6.07) is 5.92. The SMILES string of the molecule is COc1cccc2c(Cl)c(CBr)sc12. The highest BCUT2D eigenvalue weighted by Crippen LogP contribution is 2.40. The first-order valence-corrected chi connectivity index (χ1v) is 6.39. The lowest BCUT2D eigenvalue weighted by Gasteiger charge is -1.99. The number of alkyl halides is 1. The highest BCUT2D eigenvalue weighted by molar-refractivity contribution is 9.08. The summed E-state index contributed by atoms with van der Waals surface area (Å²) in [5.74, 6) is 0.890. The molecule has 1 aromatic heterocycles. The molecule has 0 aliphatic rings. The second kappa shape index (κ2) is 4.09. The standard InChI is InChI=1S/C10H8BrClOS/c1-13-7-4-2-3-6-9(12)8(5-11)14-10(6)7/h2-4H,5H2,1H3. The number of thiophene rings is 1. The molecule has 14 heavy (non-hydrogen) atoms. The van der Waals surface area contributed by atoms with E-state index in [1.54, 1.807) is 18.4 Å². The molecule has 0 aliphatic heterocycles. The number of rotatable bonds is 2. The van der Waals surface area contributed by atoms with Crippen LogP contribution in [0.3, 0.4) is 0 Å². The molecule has 0 radical (unpaired) electrons. The van der Waals surface area contributed by atoms with Crippen LogP contribution in [0, 0.1) is 0 Å². The molecule has 2 aromatic rings. The van der Waals surface area contributed by atoms with E-state index in [4.69, 9.17) is 16.3 Å². The van der Waals surface area contributed by atoms with Crippen LogP contribution in [0.2, 0.25) is 5.02 Å². The molecular formula is C10H8BrClOS. The Bertz CT molecular complexity index is 466. The van der Waals surface area contributed by atoms with E-state index in [-0.39, 0.29) is 0 Å². The van der Waals surface area contributed by atoms with E-state index in [1.165, 1.54) is 0 Å². The van der Waals surface area contributed by atoms with Gasteiger partial charge in [0.05, 0.1) is 16.8 Å². The lowest BCUT2D eigenvalue weighted by Crippen LogP contribution is -1.80. The average Bonchev–Trinajstić information content (AvgIpc) is 2.55. The predicted octanol–water partition coefficient (Wildman–Crippen LogP) is 4.46. The third kappa shape index (κ3) is 1.53. The summed E-state index contributed by atoms with van der Waals surface area (Å²) in [6.07, 6.45) is 0. The summed E-state index contributed by atoms with van der Waals surface area (Å²) in [5.41, 5.74) is 0. The summed E-state index contributed by atoms with van der Waals surface area (Å²) >= 11 is 11.3. The van der Waals surface area contributed by atoms with Crippen LogP contribution in [0.4, 0.5) is 0 Å². The van der Waals surface area contributed by atoms with Crippen LogP contribution in [0.1, 0.15) is 4.88 Å². The lowest BCUT2D eigenvalue weighted by molar-refractivity contribution is 0.420. The first kappa shape index (κ1) is 10.3. The van der Waals surface area contributed by atoms with E-state index in [2.05, 4.69) is 15.9 Å². The quantitative estimate of drug-likeness (QED) is 0.742. The van der Waals surface area contributed by atoms with Crippen molar-refractivity contribution in [2.75, 3.05) is 7.11 Å². The first-order valence-electron chi connectivity index (χ1n) is 4.07. The van der Waals surface area contributed by atoms with Gasteiger partial charge in [-0.1, -0.05) is 39.7 Å². The summed E-state index contributed by atoms with van der Waals surface area (Å²) in [4.78, 5) is 1.14. The van der Waals surface area contributed by atoms with Crippen LogP contribution in [0.5, 0.6) is 5.75 Å². The number of benzene rings is 1. The van der Waals surface area contributed by atoms with Gasteiger partial charge in [0.2, 0.25) is 0 Å². The fourth-order valence-electron chi connectivity index (χ4n) is 1.36. The van der Waals surface area contributed by atoms with E-state index in [0.717, 1.165) is 31.1 Å². The second-order valence-electron chi connectivity index (χ2n) is 2.81. The summed E-state index contributed by atoms with van der Waals surface area (Å²) < 4.78 is 6.40. The molecule has 0 spiro atoms. The highest BCUT2D eigenvalue weighted by atomic mass is 79.9. The van der Waals surface area contributed by atoms with Gasteiger partial charge in [-0.25, -0.2) is 0 Å². The molecule has 2 rings (SSSR count). The van der Waals surface area contributed by atoms with Crippen LogP contribution in [0.25, 0.3) is 10.1 Å². The first-order chi connectivity index (χ1) is 6.77. The van der Waals surface area contributed by atoms with Gasteiger partial charge < -0.3 is 4.74 Å². The van der Waals surface area contributed by atoms with Gasteiger partial charge in [0, 0.05) is 15.6 Å². The summed E-state index contributed by atoms with van der Waals surface area (Å²) in [7, 11) is 1.68. The maximum Gasteiger partial charge on any atom is 0.136 e. The molecule has 0 saturated carbocycles. The Hall–Kier alpha value is -0.250. The van der Waals surface area contributed by atoms with Crippen LogP contribution >= 0.6 is 38.9 Å². The van der Waals surface area contributed by atoms with Gasteiger partial charge in [-0.15, -0.1) is 11.3 Å². The lowest BCUT2D eigenvalue weighted by atomic mass is 10.2. The van der Waals surface area contributed by atoms with Crippen LogP contribution in [0.15, 0.2) is 18.2 Å². The Morgan fingerprint density at radius 1 is 1.50 bits per heavy atom. The topological polar surface area (TPSA) is 9.23 Å². The van der Waals surface area contributed by atoms with Crippen LogP contribution in [-0.4, -0.2) is 7.11 Å². The monoisotopic (exact) mass is 290 g/mol. The maximum atomic E-state index is 6.21. The molecule has 0 N–H and O–H groups in total. The molecular weight excluding hydrogens is 284 g/mol. The second-order valence-corrected chi connectivity index (χ2v) is 4.85. The molecule has 0 saturated heterocycles. The number of hydrogen-bond donors (Lipinski definition) is 0. The Morgan fingerprint density at radius 3 is 2.93 bits per heavy atom.